The highest BCUT2D eigenvalue weighted by atomic mass is 16.5. The lowest BCUT2D eigenvalue weighted by Crippen LogP contribution is -2.28. The lowest BCUT2D eigenvalue weighted by atomic mass is 10.0. The quantitative estimate of drug-likeness (QED) is 0.741. The number of fused-ring (bicyclic) bond motifs is 1. The van der Waals surface area contributed by atoms with Crippen LogP contribution in [0, 0.1) is 13.8 Å². The van der Waals surface area contributed by atoms with Gasteiger partial charge in [0.2, 0.25) is 0 Å². The van der Waals surface area contributed by atoms with Crippen LogP contribution in [0.25, 0.3) is 11.0 Å². The molecule has 25 heavy (non-hydrogen) atoms. The van der Waals surface area contributed by atoms with E-state index < -0.39 is 11.5 Å². The highest BCUT2D eigenvalue weighted by molar-refractivity contribution is 5.96. The number of carbonyl (C=O) groups is 1. The molecule has 3 aromatic rings. The number of ether oxygens (including phenoxy) is 1. The summed E-state index contributed by atoms with van der Waals surface area (Å²) in [4.78, 5) is 24.5. The second kappa shape index (κ2) is 6.81. The second-order valence-electron chi connectivity index (χ2n) is 5.84. The molecule has 1 heterocycles. The number of para-hydroxylation sites is 1. The van der Waals surface area contributed by atoms with Gasteiger partial charge in [-0.3, -0.25) is 4.79 Å². The molecule has 128 valence electrons. The summed E-state index contributed by atoms with van der Waals surface area (Å²) in [7, 11) is 1.63. The predicted octanol–water partition coefficient (Wildman–Crippen LogP) is 3.35. The van der Waals surface area contributed by atoms with E-state index in [0.29, 0.717) is 17.5 Å². The number of methoxy groups -OCH3 is 1. The van der Waals surface area contributed by atoms with Gasteiger partial charge >= 0.3 is 5.63 Å². The fraction of sp³-hybridized carbons (Fsp3) is 0.200. The van der Waals surface area contributed by atoms with Crippen LogP contribution in [0.5, 0.6) is 5.75 Å². The highest BCUT2D eigenvalue weighted by Crippen LogP contribution is 2.23. The third-order valence-electron chi connectivity index (χ3n) is 4.40. The van der Waals surface area contributed by atoms with Crippen LogP contribution in [0.2, 0.25) is 0 Å². The first kappa shape index (κ1) is 16.8. The maximum Gasteiger partial charge on any atom is 0.349 e. The van der Waals surface area contributed by atoms with Crippen molar-refractivity contribution in [3.63, 3.8) is 0 Å². The van der Waals surface area contributed by atoms with E-state index in [1.165, 1.54) is 0 Å². The summed E-state index contributed by atoms with van der Waals surface area (Å²) < 4.78 is 10.5. The van der Waals surface area contributed by atoms with Gasteiger partial charge in [0.15, 0.2) is 0 Å². The van der Waals surface area contributed by atoms with Crippen LogP contribution in [0.4, 0.5) is 0 Å². The molecule has 1 amide bonds. The SMILES string of the molecule is COc1ccc(CNC(=O)c2cc3ccccc3oc2=O)c(C)c1C. The Hall–Kier alpha value is -3.08. The molecule has 0 fully saturated rings. The minimum atomic E-state index is -0.640. The Morgan fingerprint density at radius 1 is 1.12 bits per heavy atom. The Labute approximate surface area is 145 Å². The Kier molecular flexibility index (Phi) is 4.57. The summed E-state index contributed by atoms with van der Waals surface area (Å²) in [5.41, 5.74) is 2.87. The zero-order valence-electron chi connectivity index (χ0n) is 14.4. The van der Waals surface area contributed by atoms with Gasteiger partial charge in [0.25, 0.3) is 5.91 Å². The number of amides is 1. The van der Waals surface area contributed by atoms with Crippen LogP contribution in [0.3, 0.4) is 0 Å². The monoisotopic (exact) mass is 337 g/mol. The maximum atomic E-state index is 12.4. The Morgan fingerprint density at radius 3 is 2.64 bits per heavy atom. The molecular formula is C20H19NO4. The van der Waals surface area contributed by atoms with Crippen molar-refractivity contribution in [1.82, 2.24) is 5.32 Å². The van der Waals surface area contributed by atoms with Gasteiger partial charge in [0.05, 0.1) is 7.11 Å². The molecule has 0 spiro atoms. The number of hydrogen-bond donors (Lipinski definition) is 1. The van der Waals surface area contributed by atoms with Crippen molar-refractivity contribution in [2.75, 3.05) is 7.11 Å². The Morgan fingerprint density at radius 2 is 1.88 bits per heavy atom. The Bertz CT molecular complexity index is 1000. The van der Waals surface area contributed by atoms with Gasteiger partial charge in [-0.2, -0.15) is 0 Å². The van der Waals surface area contributed by atoms with E-state index in [0.717, 1.165) is 22.4 Å². The third-order valence-corrected chi connectivity index (χ3v) is 4.40. The van der Waals surface area contributed by atoms with Crippen molar-refractivity contribution in [2.24, 2.45) is 0 Å². The lowest BCUT2D eigenvalue weighted by Gasteiger charge is -2.13. The van der Waals surface area contributed by atoms with Gasteiger partial charge in [-0.1, -0.05) is 24.3 Å². The van der Waals surface area contributed by atoms with E-state index in [1.807, 2.05) is 32.0 Å². The fourth-order valence-corrected chi connectivity index (χ4v) is 2.76. The smallest absolute Gasteiger partial charge is 0.349 e. The van der Waals surface area contributed by atoms with E-state index in [4.69, 9.17) is 9.15 Å². The molecule has 0 saturated heterocycles. The number of benzene rings is 2. The largest absolute Gasteiger partial charge is 0.496 e. The zero-order valence-corrected chi connectivity index (χ0v) is 14.4. The standard InChI is InChI=1S/C20H19NO4/c1-12-13(2)17(24-3)9-8-15(12)11-21-19(22)16-10-14-6-4-5-7-18(14)25-20(16)23/h4-10H,11H2,1-3H3,(H,21,22). The molecule has 0 radical (unpaired) electrons. The molecule has 0 saturated carbocycles. The molecule has 0 unspecified atom stereocenters. The average molecular weight is 337 g/mol. The lowest BCUT2D eigenvalue weighted by molar-refractivity contribution is 0.0947. The van der Waals surface area contributed by atoms with Gasteiger partial charge in [0, 0.05) is 11.9 Å². The molecule has 0 atom stereocenters. The number of carbonyl (C=O) groups excluding carboxylic acids is 1. The normalized spacial score (nSPS) is 10.7. The topological polar surface area (TPSA) is 68.5 Å². The summed E-state index contributed by atoms with van der Waals surface area (Å²) in [5, 5.41) is 3.50. The van der Waals surface area contributed by atoms with Gasteiger partial charge in [0.1, 0.15) is 16.9 Å². The molecular weight excluding hydrogens is 318 g/mol. The van der Waals surface area contributed by atoms with Crippen LogP contribution in [-0.4, -0.2) is 13.0 Å². The number of nitrogens with one attached hydrogen (secondary N) is 1. The molecule has 0 aliphatic heterocycles. The van der Waals surface area contributed by atoms with Crippen molar-refractivity contribution in [3.8, 4) is 5.75 Å². The van der Waals surface area contributed by atoms with Crippen LogP contribution >= 0.6 is 0 Å². The zero-order chi connectivity index (χ0) is 18.0. The van der Waals surface area contributed by atoms with E-state index in [-0.39, 0.29) is 5.56 Å². The van der Waals surface area contributed by atoms with E-state index in [9.17, 15) is 9.59 Å². The number of rotatable bonds is 4. The third kappa shape index (κ3) is 3.26. The average Bonchev–Trinajstić information content (AvgIpc) is 2.62. The van der Waals surface area contributed by atoms with Gasteiger partial charge < -0.3 is 14.5 Å². The summed E-state index contributed by atoms with van der Waals surface area (Å²) in [6, 6.07) is 12.4. The minimum Gasteiger partial charge on any atom is -0.496 e. The van der Waals surface area contributed by atoms with Crippen molar-refractivity contribution in [2.45, 2.75) is 20.4 Å². The summed E-state index contributed by atoms with van der Waals surface area (Å²) in [6.45, 7) is 4.27. The molecule has 3 rings (SSSR count). The molecule has 0 bridgehead atoms. The summed E-state index contributed by atoms with van der Waals surface area (Å²) in [5.74, 6) is 0.357. The van der Waals surface area contributed by atoms with E-state index >= 15 is 0 Å². The van der Waals surface area contributed by atoms with Gasteiger partial charge in [-0.25, -0.2) is 4.79 Å². The van der Waals surface area contributed by atoms with Crippen molar-refractivity contribution >= 4 is 16.9 Å². The number of hydrogen-bond acceptors (Lipinski definition) is 4. The highest BCUT2D eigenvalue weighted by Gasteiger charge is 2.14. The molecule has 0 aliphatic rings. The van der Waals surface area contributed by atoms with E-state index in [2.05, 4.69) is 5.32 Å². The van der Waals surface area contributed by atoms with E-state index in [1.54, 1.807) is 31.4 Å². The molecule has 5 heteroatoms. The Balaban J connectivity index is 1.83. The van der Waals surface area contributed by atoms with Crippen LogP contribution in [0.1, 0.15) is 27.0 Å². The second-order valence-corrected chi connectivity index (χ2v) is 5.84. The van der Waals surface area contributed by atoms with Crippen LogP contribution < -0.4 is 15.7 Å². The summed E-state index contributed by atoms with van der Waals surface area (Å²) in [6.07, 6.45) is 0. The molecule has 1 aromatic heterocycles. The van der Waals surface area contributed by atoms with Crippen LogP contribution in [-0.2, 0) is 6.54 Å². The first-order valence-corrected chi connectivity index (χ1v) is 7.95. The summed E-state index contributed by atoms with van der Waals surface area (Å²) >= 11 is 0. The first-order valence-electron chi connectivity index (χ1n) is 7.95. The molecule has 5 nitrogen and oxygen atoms in total. The van der Waals surface area contributed by atoms with Crippen molar-refractivity contribution in [3.05, 3.63) is 75.1 Å². The van der Waals surface area contributed by atoms with Gasteiger partial charge in [-0.05, 0) is 48.7 Å². The van der Waals surface area contributed by atoms with Gasteiger partial charge in [-0.15, -0.1) is 0 Å². The van der Waals surface area contributed by atoms with Crippen molar-refractivity contribution < 1.29 is 13.9 Å². The van der Waals surface area contributed by atoms with Crippen LogP contribution in [0.15, 0.2) is 51.7 Å². The predicted molar refractivity (Wildman–Crippen MR) is 96.1 cm³/mol. The molecule has 1 N–H and O–H groups in total. The molecule has 0 aliphatic carbocycles. The maximum absolute atomic E-state index is 12.4. The molecule has 2 aromatic carbocycles. The fourth-order valence-electron chi connectivity index (χ4n) is 2.76. The van der Waals surface area contributed by atoms with Crippen molar-refractivity contribution in [1.29, 1.82) is 0 Å². The first-order chi connectivity index (χ1) is 12.0. The minimum absolute atomic E-state index is 0.00147.